The third-order valence-electron chi connectivity index (χ3n) is 6.23. The second kappa shape index (κ2) is 7.49. The van der Waals surface area contributed by atoms with Gasteiger partial charge < -0.3 is 15.1 Å². The summed E-state index contributed by atoms with van der Waals surface area (Å²) in [7, 11) is 0. The standard InChI is InChI=1S/C21H28FN3O2/c22-18-6-4-16(5-7-18)12-23-20(27)24-11-1-9-21(14-24)10-8-19(26)25(15-21)13-17-2-3-17/h4-7,17H,1-3,8-15H2,(H,23,27)/t21-/m1/s1. The van der Waals surface area contributed by atoms with E-state index in [2.05, 4.69) is 10.2 Å². The van der Waals surface area contributed by atoms with Gasteiger partial charge >= 0.3 is 6.03 Å². The Balaban J connectivity index is 1.34. The summed E-state index contributed by atoms with van der Waals surface area (Å²) in [5, 5.41) is 2.96. The zero-order valence-corrected chi connectivity index (χ0v) is 15.8. The molecule has 6 heteroatoms. The van der Waals surface area contributed by atoms with E-state index in [1.54, 1.807) is 12.1 Å². The lowest BCUT2D eigenvalue weighted by molar-refractivity contribution is -0.139. The van der Waals surface area contributed by atoms with Crippen LogP contribution in [-0.2, 0) is 11.3 Å². The van der Waals surface area contributed by atoms with Crippen LogP contribution in [0.5, 0.6) is 0 Å². The molecular formula is C21H28FN3O2. The Labute approximate surface area is 159 Å². The van der Waals surface area contributed by atoms with Gasteiger partial charge in [-0.15, -0.1) is 0 Å². The summed E-state index contributed by atoms with van der Waals surface area (Å²) >= 11 is 0. The molecule has 1 aliphatic carbocycles. The summed E-state index contributed by atoms with van der Waals surface area (Å²) in [6, 6.07) is 6.13. The van der Waals surface area contributed by atoms with Crippen molar-refractivity contribution in [2.45, 2.75) is 45.1 Å². The van der Waals surface area contributed by atoms with Crippen LogP contribution in [0.4, 0.5) is 9.18 Å². The highest BCUT2D eigenvalue weighted by Gasteiger charge is 2.43. The molecule has 0 bridgehead atoms. The van der Waals surface area contributed by atoms with Crippen LogP contribution in [0.1, 0.15) is 44.1 Å². The van der Waals surface area contributed by atoms with Crippen molar-refractivity contribution in [3.05, 3.63) is 35.6 Å². The van der Waals surface area contributed by atoms with Gasteiger partial charge in [0, 0.05) is 44.6 Å². The van der Waals surface area contributed by atoms with Crippen molar-refractivity contribution in [3.8, 4) is 0 Å². The average Bonchev–Trinajstić information content (AvgIpc) is 3.48. The maximum absolute atomic E-state index is 13.0. The molecule has 27 heavy (non-hydrogen) atoms. The van der Waals surface area contributed by atoms with E-state index in [0.717, 1.165) is 51.0 Å². The lowest BCUT2D eigenvalue weighted by Gasteiger charge is -2.48. The predicted octanol–water partition coefficient (Wildman–Crippen LogP) is 3.15. The van der Waals surface area contributed by atoms with Crippen LogP contribution in [-0.4, -0.2) is 47.9 Å². The number of benzene rings is 1. The normalized spacial score (nSPS) is 25.7. The second-order valence-electron chi connectivity index (χ2n) is 8.53. The molecule has 1 spiro atoms. The van der Waals surface area contributed by atoms with Crippen molar-refractivity contribution in [1.82, 2.24) is 15.1 Å². The fraction of sp³-hybridized carbons (Fsp3) is 0.619. The minimum absolute atomic E-state index is 0.0499. The van der Waals surface area contributed by atoms with Crippen LogP contribution in [0.15, 0.2) is 24.3 Å². The van der Waals surface area contributed by atoms with E-state index < -0.39 is 0 Å². The first-order chi connectivity index (χ1) is 13.0. The lowest BCUT2D eigenvalue weighted by Crippen LogP contribution is -2.56. The molecule has 2 saturated heterocycles. The first-order valence-corrected chi connectivity index (χ1v) is 10.1. The summed E-state index contributed by atoms with van der Waals surface area (Å²) in [4.78, 5) is 28.9. The SMILES string of the molecule is O=C1CC[C@@]2(CCCN(C(=O)NCc3ccc(F)cc3)C2)CN1CC1CC1. The first kappa shape index (κ1) is 18.3. The monoisotopic (exact) mass is 373 g/mol. The molecule has 5 nitrogen and oxygen atoms in total. The number of carbonyl (C=O) groups excluding carboxylic acids is 2. The zero-order valence-electron chi connectivity index (χ0n) is 15.8. The van der Waals surface area contributed by atoms with Gasteiger partial charge in [0.15, 0.2) is 0 Å². The van der Waals surface area contributed by atoms with E-state index in [1.165, 1.54) is 25.0 Å². The minimum atomic E-state index is -0.273. The molecule has 1 saturated carbocycles. The van der Waals surface area contributed by atoms with Crippen LogP contribution >= 0.6 is 0 Å². The van der Waals surface area contributed by atoms with Crippen molar-refractivity contribution in [3.63, 3.8) is 0 Å². The maximum atomic E-state index is 13.0. The number of hydrogen-bond donors (Lipinski definition) is 1. The number of hydrogen-bond acceptors (Lipinski definition) is 2. The quantitative estimate of drug-likeness (QED) is 0.881. The number of carbonyl (C=O) groups is 2. The van der Waals surface area contributed by atoms with Crippen molar-refractivity contribution in [2.75, 3.05) is 26.2 Å². The van der Waals surface area contributed by atoms with Crippen LogP contribution in [0, 0.1) is 17.2 Å². The van der Waals surface area contributed by atoms with E-state index in [4.69, 9.17) is 0 Å². The van der Waals surface area contributed by atoms with Crippen LogP contribution in [0.3, 0.4) is 0 Å². The Kier molecular flexibility index (Phi) is 5.06. The molecule has 1 N–H and O–H groups in total. The largest absolute Gasteiger partial charge is 0.342 e. The number of likely N-dealkylation sites (tertiary alicyclic amines) is 2. The van der Waals surface area contributed by atoms with Gasteiger partial charge in [0.1, 0.15) is 5.82 Å². The summed E-state index contributed by atoms with van der Waals surface area (Å²) in [5.74, 6) is 0.707. The second-order valence-corrected chi connectivity index (χ2v) is 8.53. The van der Waals surface area contributed by atoms with E-state index in [0.29, 0.717) is 18.9 Å². The van der Waals surface area contributed by atoms with Crippen LogP contribution < -0.4 is 5.32 Å². The van der Waals surface area contributed by atoms with Gasteiger partial charge in [0.25, 0.3) is 0 Å². The molecule has 0 unspecified atom stereocenters. The van der Waals surface area contributed by atoms with Crippen molar-refractivity contribution in [1.29, 1.82) is 0 Å². The van der Waals surface area contributed by atoms with E-state index in [1.807, 2.05) is 4.90 Å². The highest BCUT2D eigenvalue weighted by atomic mass is 19.1. The van der Waals surface area contributed by atoms with Crippen molar-refractivity contribution < 1.29 is 14.0 Å². The minimum Gasteiger partial charge on any atom is -0.342 e. The Morgan fingerprint density at radius 2 is 1.96 bits per heavy atom. The van der Waals surface area contributed by atoms with Gasteiger partial charge in [-0.25, -0.2) is 9.18 Å². The van der Waals surface area contributed by atoms with Gasteiger partial charge in [-0.05, 0) is 55.7 Å². The highest BCUT2D eigenvalue weighted by molar-refractivity contribution is 5.77. The predicted molar refractivity (Wildman–Crippen MR) is 100 cm³/mol. The first-order valence-electron chi connectivity index (χ1n) is 10.1. The highest BCUT2D eigenvalue weighted by Crippen LogP contribution is 2.40. The molecule has 4 rings (SSSR count). The smallest absolute Gasteiger partial charge is 0.317 e. The molecule has 2 aliphatic heterocycles. The number of nitrogens with one attached hydrogen (secondary N) is 1. The van der Waals surface area contributed by atoms with E-state index >= 15 is 0 Å². The Morgan fingerprint density at radius 3 is 2.70 bits per heavy atom. The third kappa shape index (κ3) is 4.42. The number of rotatable bonds is 4. The Bertz CT molecular complexity index is 704. The molecule has 1 aromatic carbocycles. The number of halogens is 1. The van der Waals surface area contributed by atoms with E-state index in [-0.39, 0.29) is 23.2 Å². The fourth-order valence-electron chi connectivity index (χ4n) is 4.49. The molecular weight excluding hydrogens is 345 g/mol. The molecule has 3 aliphatic rings. The molecule has 3 fully saturated rings. The fourth-order valence-corrected chi connectivity index (χ4v) is 4.49. The molecule has 1 aromatic rings. The topological polar surface area (TPSA) is 52.7 Å². The van der Waals surface area contributed by atoms with Gasteiger partial charge in [0.2, 0.25) is 5.91 Å². The maximum Gasteiger partial charge on any atom is 0.317 e. The van der Waals surface area contributed by atoms with Gasteiger partial charge in [-0.1, -0.05) is 12.1 Å². The average molecular weight is 373 g/mol. The van der Waals surface area contributed by atoms with Crippen LogP contribution in [0.2, 0.25) is 0 Å². The number of piperidine rings is 2. The van der Waals surface area contributed by atoms with Crippen molar-refractivity contribution >= 4 is 11.9 Å². The molecule has 0 aromatic heterocycles. The summed E-state index contributed by atoms with van der Waals surface area (Å²) in [5.41, 5.74) is 0.934. The van der Waals surface area contributed by atoms with E-state index in [9.17, 15) is 14.0 Å². The van der Waals surface area contributed by atoms with Gasteiger partial charge in [0.05, 0.1) is 0 Å². The summed E-state index contributed by atoms with van der Waals surface area (Å²) in [6.45, 7) is 3.57. The zero-order chi connectivity index (χ0) is 18.9. The van der Waals surface area contributed by atoms with Crippen LogP contribution in [0.25, 0.3) is 0 Å². The molecule has 1 atom stereocenters. The number of nitrogens with zero attached hydrogens (tertiary/aromatic N) is 2. The molecule has 0 radical (unpaired) electrons. The summed E-state index contributed by atoms with van der Waals surface area (Å²) < 4.78 is 13.0. The number of amides is 3. The third-order valence-corrected chi connectivity index (χ3v) is 6.23. The number of urea groups is 1. The van der Waals surface area contributed by atoms with Gasteiger partial charge in [-0.3, -0.25) is 4.79 Å². The summed E-state index contributed by atoms with van der Waals surface area (Å²) in [6.07, 6.45) is 6.05. The van der Waals surface area contributed by atoms with Gasteiger partial charge in [-0.2, -0.15) is 0 Å². The molecule has 3 amide bonds. The Morgan fingerprint density at radius 1 is 1.19 bits per heavy atom. The Hall–Kier alpha value is -2.11. The molecule has 2 heterocycles. The molecule has 146 valence electrons. The lowest BCUT2D eigenvalue weighted by atomic mass is 9.73. The van der Waals surface area contributed by atoms with Crippen molar-refractivity contribution in [2.24, 2.45) is 11.3 Å².